The van der Waals surface area contributed by atoms with Crippen LogP contribution in [-0.4, -0.2) is 50.2 Å². The van der Waals surface area contributed by atoms with Crippen LogP contribution in [0.1, 0.15) is 36.7 Å². The number of sulfone groups is 1. The number of hydrogen-bond acceptors (Lipinski definition) is 6. The van der Waals surface area contributed by atoms with E-state index < -0.39 is 33.0 Å². The van der Waals surface area contributed by atoms with Crippen LogP contribution >= 0.6 is 0 Å². The summed E-state index contributed by atoms with van der Waals surface area (Å²) in [4.78, 5) is 26.2. The molecule has 0 aromatic heterocycles. The van der Waals surface area contributed by atoms with Crippen molar-refractivity contribution in [3.8, 4) is 16.9 Å². The van der Waals surface area contributed by atoms with Gasteiger partial charge in [0.05, 0.1) is 17.5 Å². The van der Waals surface area contributed by atoms with Gasteiger partial charge in [-0.05, 0) is 63.1 Å². The molecule has 2 aromatic carbocycles. The molecule has 0 aliphatic carbocycles. The number of amides is 1. The molecule has 0 N–H and O–H groups in total. The Morgan fingerprint density at radius 3 is 2.19 bits per heavy atom. The van der Waals surface area contributed by atoms with Crippen LogP contribution in [0.2, 0.25) is 0 Å². The quantitative estimate of drug-likeness (QED) is 0.522. The second-order valence-electron chi connectivity index (χ2n) is 8.54. The number of hydrogen-bond donors (Lipinski definition) is 0. The van der Waals surface area contributed by atoms with Crippen molar-refractivity contribution in [1.82, 2.24) is 5.01 Å². The number of methoxy groups -OCH3 is 1. The fourth-order valence-corrected chi connectivity index (χ4v) is 4.57. The lowest BCUT2D eigenvalue weighted by Gasteiger charge is -2.28. The number of benzene rings is 2. The van der Waals surface area contributed by atoms with E-state index in [1.807, 2.05) is 20.8 Å². The first-order valence-corrected chi connectivity index (χ1v) is 11.7. The maximum absolute atomic E-state index is 13.3. The lowest BCUT2D eigenvalue weighted by molar-refractivity contribution is -0.135. The van der Waals surface area contributed by atoms with E-state index in [0.29, 0.717) is 28.0 Å². The smallest absolute Gasteiger partial charge is 0.259 e. The predicted molar refractivity (Wildman–Crippen MR) is 119 cm³/mol. The van der Waals surface area contributed by atoms with Gasteiger partial charge in [0.2, 0.25) is 0 Å². The molecule has 0 saturated heterocycles. The molecular weight excluding hydrogens is 416 g/mol. The summed E-state index contributed by atoms with van der Waals surface area (Å²) >= 11 is 0. The monoisotopic (exact) mass is 442 g/mol. The minimum atomic E-state index is -3.56. The lowest BCUT2D eigenvalue weighted by Crippen LogP contribution is -2.42. The molecule has 1 atom stereocenters. The van der Waals surface area contributed by atoms with Gasteiger partial charge in [0.15, 0.2) is 15.6 Å². The molecule has 0 fully saturated rings. The van der Waals surface area contributed by atoms with Gasteiger partial charge in [-0.2, -0.15) is 5.10 Å². The second-order valence-corrected chi connectivity index (χ2v) is 10.5. The Morgan fingerprint density at radius 2 is 1.71 bits per heavy atom. The first-order chi connectivity index (χ1) is 14.4. The summed E-state index contributed by atoms with van der Waals surface area (Å²) in [5.41, 5.74) is 1.31. The summed E-state index contributed by atoms with van der Waals surface area (Å²) in [5.74, 6) is -1.21. The zero-order valence-electron chi connectivity index (χ0n) is 18.5. The average molecular weight is 443 g/mol. The zero-order valence-corrected chi connectivity index (χ0v) is 19.3. The van der Waals surface area contributed by atoms with Gasteiger partial charge in [-0.25, -0.2) is 13.4 Å². The van der Waals surface area contributed by atoms with Crippen LogP contribution < -0.4 is 4.74 Å². The highest BCUT2D eigenvalue weighted by Crippen LogP contribution is 2.35. The van der Waals surface area contributed by atoms with Gasteiger partial charge in [-0.3, -0.25) is 9.59 Å². The van der Waals surface area contributed by atoms with Crippen molar-refractivity contribution >= 4 is 27.7 Å². The van der Waals surface area contributed by atoms with Gasteiger partial charge in [0, 0.05) is 23.6 Å². The number of carbonyl (C=O) groups is 2. The van der Waals surface area contributed by atoms with Crippen LogP contribution in [0.15, 0.2) is 46.4 Å². The number of nitrogens with zero attached hydrogens (tertiary/aromatic N) is 2. The standard InChI is InChI=1S/C23H26N2O5S/c1-14-17(21(26)18-13-24-25(22(18)27)23(2,3)4)11-12-19(31(6,28)29)20(14)15-7-9-16(30-5)10-8-15/h7-13,18H,1-6H3. The molecule has 8 heteroatoms. The Morgan fingerprint density at radius 1 is 1.10 bits per heavy atom. The maximum atomic E-state index is 13.3. The largest absolute Gasteiger partial charge is 0.497 e. The Hall–Kier alpha value is -3.00. The molecule has 164 valence electrons. The molecule has 0 radical (unpaired) electrons. The van der Waals surface area contributed by atoms with Gasteiger partial charge in [-0.1, -0.05) is 12.1 Å². The molecule has 31 heavy (non-hydrogen) atoms. The topological polar surface area (TPSA) is 93.1 Å². The normalized spacial score (nSPS) is 16.6. The molecular formula is C23H26N2O5S. The molecule has 3 rings (SSSR count). The van der Waals surface area contributed by atoms with Crippen molar-refractivity contribution in [3.63, 3.8) is 0 Å². The minimum absolute atomic E-state index is 0.120. The molecule has 1 aliphatic rings. The Kier molecular flexibility index (Phi) is 5.80. The van der Waals surface area contributed by atoms with E-state index in [0.717, 1.165) is 6.26 Å². The molecule has 1 heterocycles. The van der Waals surface area contributed by atoms with E-state index >= 15 is 0 Å². The van der Waals surface area contributed by atoms with Crippen LogP contribution in [0.5, 0.6) is 5.75 Å². The van der Waals surface area contributed by atoms with E-state index in [9.17, 15) is 18.0 Å². The average Bonchev–Trinajstić information content (AvgIpc) is 3.08. The molecule has 1 unspecified atom stereocenters. The molecule has 7 nitrogen and oxygen atoms in total. The van der Waals surface area contributed by atoms with Crippen molar-refractivity contribution < 1.29 is 22.7 Å². The second kappa shape index (κ2) is 7.92. The molecule has 1 aliphatic heterocycles. The fourth-order valence-electron chi connectivity index (χ4n) is 3.62. The molecule has 1 amide bonds. The highest BCUT2D eigenvalue weighted by molar-refractivity contribution is 7.90. The summed E-state index contributed by atoms with van der Waals surface area (Å²) in [6.45, 7) is 7.20. The predicted octanol–water partition coefficient (Wildman–Crippen LogP) is 3.50. The van der Waals surface area contributed by atoms with Crippen LogP contribution in [-0.2, 0) is 14.6 Å². The van der Waals surface area contributed by atoms with Crippen molar-refractivity contribution in [3.05, 3.63) is 47.5 Å². The van der Waals surface area contributed by atoms with E-state index in [1.165, 1.54) is 23.4 Å². The highest BCUT2D eigenvalue weighted by Gasteiger charge is 2.40. The van der Waals surface area contributed by atoms with Crippen LogP contribution in [0.25, 0.3) is 11.1 Å². The summed E-state index contributed by atoms with van der Waals surface area (Å²) in [7, 11) is -2.02. The Balaban J connectivity index is 2.12. The van der Waals surface area contributed by atoms with Gasteiger partial charge in [0.25, 0.3) is 5.91 Å². The third kappa shape index (κ3) is 4.25. The maximum Gasteiger partial charge on any atom is 0.259 e. The summed E-state index contributed by atoms with van der Waals surface area (Å²) in [5, 5.41) is 5.44. The van der Waals surface area contributed by atoms with E-state index in [-0.39, 0.29) is 4.90 Å². The molecule has 0 bridgehead atoms. The van der Waals surface area contributed by atoms with Crippen LogP contribution in [0, 0.1) is 12.8 Å². The van der Waals surface area contributed by atoms with Crippen molar-refractivity contribution in [2.75, 3.05) is 13.4 Å². The molecule has 0 saturated carbocycles. The fraction of sp³-hybridized carbons (Fsp3) is 0.348. The third-order valence-corrected chi connectivity index (χ3v) is 6.33. The SMILES string of the molecule is COc1ccc(-c2c(S(C)(=O)=O)ccc(C(=O)C3C=NN(C(C)(C)C)C3=O)c2C)cc1. The number of Topliss-reactive ketones (excluding diaryl/α,β-unsaturated/α-hetero) is 1. The van der Waals surface area contributed by atoms with E-state index in [2.05, 4.69) is 5.10 Å². The van der Waals surface area contributed by atoms with E-state index in [4.69, 9.17) is 4.74 Å². The number of ketones is 1. The summed E-state index contributed by atoms with van der Waals surface area (Å²) in [6.07, 6.45) is 2.48. The minimum Gasteiger partial charge on any atom is -0.497 e. The molecule has 2 aromatic rings. The lowest BCUT2D eigenvalue weighted by atomic mass is 9.89. The summed E-state index contributed by atoms with van der Waals surface area (Å²) < 4.78 is 30.1. The number of carbonyl (C=O) groups excluding carboxylic acids is 2. The number of rotatable bonds is 5. The van der Waals surface area contributed by atoms with Crippen LogP contribution in [0.4, 0.5) is 0 Å². The van der Waals surface area contributed by atoms with Crippen molar-refractivity contribution in [1.29, 1.82) is 0 Å². The first kappa shape index (κ1) is 22.7. The van der Waals surface area contributed by atoms with Gasteiger partial charge >= 0.3 is 0 Å². The van der Waals surface area contributed by atoms with Crippen molar-refractivity contribution in [2.45, 2.75) is 38.1 Å². The zero-order chi connectivity index (χ0) is 23.1. The van der Waals surface area contributed by atoms with Crippen molar-refractivity contribution in [2.24, 2.45) is 11.0 Å². The first-order valence-electron chi connectivity index (χ1n) is 9.76. The number of hydrazone groups is 1. The van der Waals surface area contributed by atoms with Gasteiger partial charge in [-0.15, -0.1) is 0 Å². The molecule has 0 spiro atoms. The Labute approximate surface area is 182 Å². The Bertz CT molecular complexity index is 1180. The van der Waals surface area contributed by atoms with E-state index in [1.54, 1.807) is 38.3 Å². The van der Waals surface area contributed by atoms with Gasteiger partial charge in [0.1, 0.15) is 11.7 Å². The highest BCUT2D eigenvalue weighted by atomic mass is 32.2. The van der Waals surface area contributed by atoms with Gasteiger partial charge < -0.3 is 4.74 Å². The van der Waals surface area contributed by atoms with Crippen LogP contribution in [0.3, 0.4) is 0 Å². The number of ether oxygens (including phenoxy) is 1. The summed E-state index contributed by atoms with van der Waals surface area (Å²) in [6, 6.07) is 9.84. The third-order valence-electron chi connectivity index (χ3n) is 5.19.